The largest absolute Gasteiger partial charge is 0.361 e. The molecule has 1 aliphatic rings. The smallest absolute Gasteiger partial charge is 0.255 e. The maximum Gasteiger partial charge on any atom is 0.255 e. The molecule has 1 N–H and O–H groups in total. The molecule has 23 heavy (non-hydrogen) atoms. The van der Waals surface area contributed by atoms with Crippen molar-refractivity contribution in [1.29, 1.82) is 0 Å². The molecule has 5 nitrogen and oxygen atoms in total. The van der Waals surface area contributed by atoms with Gasteiger partial charge in [-0.2, -0.15) is 0 Å². The zero-order chi connectivity index (χ0) is 16.2. The molecule has 0 atom stereocenters. The lowest BCUT2D eigenvalue weighted by Gasteiger charge is -2.28. The number of nitrogens with one attached hydrogen (secondary N) is 1. The van der Waals surface area contributed by atoms with Crippen LogP contribution < -0.4 is 5.32 Å². The monoisotopic (exact) mass is 331 g/mol. The molecule has 1 fully saturated rings. The minimum atomic E-state index is 0.119. The maximum atomic E-state index is 12.8. The van der Waals surface area contributed by atoms with Crippen LogP contribution in [-0.4, -0.2) is 42.1 Å². The number of hydrogen-bond acceptors (Lipinski definition) is 5. The molecule has 0 unspecified atom stereocenters. The summed E-state index contributed by atoms with van der Waals surface area (Å²) in [6.07, 6.45) is 0. The Bertz CT molecular complexity index is 673. The molecule has 1 saturated heterocycles. The summed E-state index contributed by atoms with van der Waals surface area (Å²) >= 11 is 1.66. The van der Waals surface area contributed by atoms with Crippen molar-refractivity contribution in [3.05, 3.63) is 46.8 Å². The van der Waals surface area contributed by atoms with E-state index in [0.717, 1.165) is 59.4 Å². The number of nitrogens with zero attached hydrogens (tertiary/aromatic N) is 2. The molecule has 0 spiro atoms. The molecule has 2 heterocycles. The molecule has 6 heteroatoms. The van der Waals surface area contributed by atoms with Gasteiger partial charge in [0, 0.05) is 42.4 Å². The zero-order valence-corrected chi connectivity index (χ0v) is 14.3. The van der Waals surface area contributed by atoms with E-state index in [1.165, 1.54) is 0 Å². The Kier molecular flexibility index (Phi) is 5.03. The van der Waals surface area contributed by atoms with Crippen molar-refractivity contribution in [2.45, 2.75) is 24.5 Å². The predicted molar refractivity (Wildman–Crippen MR) is 90.8 cm³/mol. The topological polar surface area (TPSA) is 58.4 Å². The normalized spacial score (nSPS) is 15.0. The first-order valence-corrected chi connectivity index (χ1v) is 8.79. The second-order valence-electron chi connectivity index (χ2n) is 5.63. The van der Waals surface area contributed by atoms with Crippen LogP contribution in [0.25, 0.3) is 0 Å². The summed E-state index contributed by atoms with van der Waals surface area (Å²) in [4.78, 5) is 15.7. The van der Waals surface area contributed by atoms with E-state index in [1.54, 1.807) is 11.8 Å². The van der Waals surface area contributed by atoms with Gasteiger partial charge in [0.2, 0.25) is 0 Å². The molecule has 3 rings (SSSR count). The van der Waals surface area contributed by atoms with Crippen molar-refractivity contribution in [2.75, 3.05) is 26.2 Å². The number of thioether (sulfide) groups is 1. The Morgan fingerprint density at radius 3 is 2.74 bits per heavy atom. The highest BCUT2D eigenvalue weighted by atomic mass is 32.2. The van der Waals surface area contributed by atoms with Gasteiger partial charge in [-0.25, -0.2) is 0 Å². The third kappa shape index (κ3) is 3.59. The Labute approximate surface area is 140 Å². The number of piperazine rings is 1. The van der Waals surface area contributed by atoms with Gasteiger partial charge in [-0.1, -0.05) is 17.3 Å². The number of aryl methyl sites for hydroxylation is 2. The van der Waals surface area contributed by atoms with Crippen molar-refractivity contribution in [3.63, 3.8) is 0 Å². The van der Waals surface area contributed by atoms with E-state index < -0.39 is 0 Å². The molecule has 0 radical (unpaired) electrons. The average Bonchev–Trinajstić information content (AvgIpc) is 2.92. The highest BCUT2D eigenvalue weighted by Crippen LogP contribution is 2.29. The van der Waals surface area contributed by atoms with Crippen molar-refractivity contribution in [3.8, 4) is 0 Å². The average molecular weight is 331 g/mol. The first-order valence-electron chi connectivity index (χ1n) is 7.80. The van der Waals surface area contributed by atoms with Crippen LogP contribution in [0, 0.1) is 13.8 Å². The van der Waals surface area contributed by atoms with Crippen LogP contribution in [0.15, 0.2) is 33.7 Å². The minimum absolute atomic E-state index is 0.119. The molecule has 122 valence electrons. The van der Waals surface area contributed by atoms with Gasteiger partial charge < -0.3 is 14.7 Å². The van der Waals surface area contributed by atoms with Gasteiger partial charge in [-0.15, -0.1) is 11.8 Å². The summed E-state index contributed by atoms with van der Waals surface area (Å²) in [5, 5.41) is 7.26. The number of hydrogen-bond donors (Lipinski definition) is 1. The second-order valence-corrected chi connectivity index (χ2v) is 6.65. The number of carbonyl (C=O) groups is 1. The summed E-state index contributed by atoms with van der Waals surface area (Å²) in [6, 6.07) is 7.83. The van der Waals surface area contributed by atoms with E-state index in [-0.39, 0.29) is 5.91 Å². The molecule has 0 saturated carbocycles. The van der Waals surface area contributed by atoms with Crippen molar-refractivity contribution < 1.29 is 9.32 Å². The van der Waals surface area contributed by atoms with Crippen LogP contribution in [0.5, 0.6) is 0 Å². The highest BCUT2D eigenvalue weighted by molar-refractivity contribution is 7.98. The minimum Gasteiger partial charge on any atom is -0.361 e. The number of amides is 1. The fourth-order valence-electron chi connectivity index (χ4n) is 2.67. The van der Waals surface area contributed by atoms with Crippen LogP contribution in [-0.2, 0) is 5.75 Å². The highest BCUT2D eigenvalue weighted by Gasteiger charge is 2.21. The number of benzene rings is 1. The fourth-order valence-corrected chi connectivity index (χ4v) is 3.86. The molecular weight excluding hydrogens is 310 g/mol. The van der Waals surface area contributed by atoms with Crippen LogP contribution >= 0.6 is 11.8 Å². The number of carbonyl (C=O) groups excluding carboxylic acids is 1. The van der Waals surface area contributed by atoms with Gasteiger partial charge in [-0.3, -0.25) is 4.79 Å². The van der Waals surface area contributed by atoms with Crippen LogP contribution in [0.3, 0.4) is 0 Å². The lowest BCUT2D eigenvalue weighted by atomic mass is 10.2. The van der Waals surface area contributed by atoms with Gasteiger partial charge in [-0.05, 0) is 26.0 Å². The third-order valence-electron chi connectivity index (χ3n) is 4.07. The van der Waals surface area contributed by atoms with Gasteiger partial charge in [0.25, 0.3) is 5.91 Å². The van der Waals surface area contributed by atoms with E-state index >= 15 is 0 Å². The predicted octanol–water partition coefficient (Wildman–Crippen LogP) is 2.63. The Morgan fingerprint density at radius 2 is 2.04 bits per heavy atom. The van der Waals surface area contributed by atoms with Crippen LogP contribution in [0.1, 0.15) is 27.4 Å². The molecule has 0 bridgehead atoms. The molecule has 1 aromatic carbocycles. The first-order chi connectivity index (χ1) is 11.2. The first kappa shape index (κ1) is 16.1. The molecule has 1 aliphatic heterocycles. The zero-order valence-electron chi connectivity index (χ0n) is 13.5. The quantitative estimate of drug-likeness (QED) is 0.873. The Morgan fingerprint density at radius 1 is 1.30 bits per heavy atom. The maximum absolute atomic E-state index is 12.8. The molecular formula is C17H21N3O2S. The van der Waals surface area contributed by atoms with E-state index in [4.69, 9.17) is 4.52 Å². The van der Waals surface area contributed by atoms with E-state index in [1.807, 2.05) is 43.0 Å². The lowest BCUT2D eigenvalue weighted by molar-refractivity contribution is 0.0732. The molecule has 2 aromatic rings. The van der Waals surface area contributed by atoms with Crippen molar-refractivity contribution in [1.82, 2.24) is 15.4 Å². The van der Waals surface area contributed by atoms with E-state index in [0.29, 0.717) is 0 Å². The third-order valence-corrected chi connectivity index (χ3v) is 5.17. The summed E-state index contributed by atoms with van der Waals surface area (Å²) < 4.78 is 5.21. The number of aromatic nitrogens is 1. The summed E-state index contributed by atoms with van der Waals surface area (Å²) in [7, 11) is 0. The Balaban J connectivity index is 1.76. The van der Waals surface area contributed by atoms with Crippen molar-refractivity contribution >= 4 is 17.7 Å². The molecule has 1 amide bonds. The van der Waals surface area contributed by atoms with Gasteiger partial charge in [0.05, 0.1) is 11.3 Å². The molecule has 0 aliphatic carbocycles. The van der Waals surface area contributed by atoms with Crippen LogP contribution in [0.4, 0.5) is 0 Å². The summed E-state index contributed by atoms with van der Waals surface area (Å²) in [6.45, 7) is 7.13. The van der Waals surface area contributed by atoms with Crippen LogP contribution in [0.2, 0.25) is 0 Å². The van der Waals surface area contributed by atoms with Gasteiger partial charge in [0.1, 0.15) is 5.76 Å². The Hall–Kier alpha value is -1.79. The number of rotatable bonds is 4. The summed E-state index contributed by atoms with van der Waals surface area (Å²) in [5.41, 5.74) is 2.81. The molecule has 1 aromatic heterocycles. The van der Waals surface area contributed by atoms with Gasteiger partial charge >= 0.3 is 0 Å². The SMILES string of the molecule is Cc1noc(C)c1CSc1ccccc1C(=O)N1CCNCC1. The summed E-state index contributed by atoms with van der Waals surface area (Å²) in [5.74, 6) is 1.72. The van der Waals surface area contributed by atoms with E-state index in [9.17, 15) is 4.79 Å². The van der Waals surface area contributed by atoms with Gasteiger partial charge in [0.15, 0.2) is 0 Å². The lowest BCUT2D eigenvalue weighted by Crippen LogP contribution is -2.46. The standard InChI is InChI=1S/C17H21N3O2S/c1-12-15(13(2)22-19-12)11-23-16-6-4-3-5-14(16)17(21)20-9-7-18-8-10-20/h3-6,18H,7-11H2,1-2H3. The second kappa shape index (κ2) is 7.19. The van der Waals surface area contributed by atoms with E-state index in [2.05, 4.69) is 10.5 Å². The van der Waals surface area contributed by atoms with Crippen molar-refractivity contribution in [2.24, 2.45) is 0 Å². The fraction of sp³-hybridized carbons (Fsp3) is 0.412.